The highest BCUT2D eigenvalue weighted by Gasteiger charge is 2.19. The summed E-state index contributed by atoms with van der Waals surface area (Å²) in [6.45, 7) is 4.39. The van der Waals surface area contributed by atoms with E-state index in [1.165, 1.54) is 5.56 Å². The Morgan fingerprint density at radius 1 is 0.963 bits per heavy atom. The molecule has 1 aliphatic heterocycles. The maximum absolute atomic E-state index is 12.6. The standard InChI is InChI=1S/C22H24ClN3O/c23-21-9-6-20(7-10-21)17-25-12-1-13-26(15-14-25)22(27)11-8-18-2-4-19(16-24)5-3-18/h2-7,9-10H,1,8,11-15,17H2. The summed E-state index contributed by atoms with van der Waals surface area (Å²) in [7, 11) is 0. The van der Waals surface area contributed by atoms with Gasteiger partial charge in [0.05, 0.1) is 11.6 Å². The van der Waals surface area contributed by atoms with Gasteiger partial charge in [-0.25, -0.2) is 0 Å². The molecule has 0 radical (unpaired) electrons. The Labute approximate surface area is 166 Å². The molecule has 0 aromatic heterocycles. The monoisotopic (exact) mass is 381 g/mol. The largest absolute Gasteiger partial charge is 0.341 e. The Morgan fingerprint density at radius 2 is 1.67 bits per heavy atom. The molecule has 0 saturated carbocycles. The smallest absolute Gasteiger partial charge is 0.222 e. The summed E-state index contributed by atoms with van der Waals surface area (Å²) in [5.74, 6) is 0.215. The highest BCUT2D eigenvalue weighted by molar-refractivity contribution is 6.30. The molecule has 0 bridgehead atoms. The summed E-state index contributed by atoms with van der Waals surface area (Å²) in [4.78, 5) is 17.0. The Morgan fingerprint density at radius 3 is 2.37 bits per heavy atom. The average molecular weight is 382 g/mol. The molecule has 0 atom stereocenters. The van der Waals surface area contributed by atoms with Crippen molar-refractivity contribution in [3.05, 3.63) is 70.2 Å². The Bertz CT molecular complexity index is 796. The maximum Gasteiger partial charge on any atom is 0.222 e. The maximum atomic E-state index is 12.6. The molecule has 4 nitrogen and oxygen atoms in total. The molecule has 27 heavy (non-hydrogen) atoms. The topological polar surface area (TPSA) is 47.3 Å². The van der Waals surface area contributed by atoms with Gasteiger partial charge in [-0.05, 0) is 48.2 Å². The second-order valence-corrected chi connectivity index (χ2v) is 7.38. The minimum atomic E-state index is 0.215. The molecule has 2 aromatic rings. The molecule has 1 amide bonds. The van der Waals surface area contributed by atoms with Gasteiger partial charge in [-0.3, -0.25) is 9.69 Å². The first-order chi connectivity index (χ1) is 13.1. The van der Waals surface area contributed by atoms with Crippen LogP contribution in [0.4, 0.5) is 0 Å². The van der Waals surface area contributed by atoms with Crippen molar-refractivity contribution in [1.29, 1.82) is 5.26 Å². The minimum absolute atomic E-state index is 0.215. The van der Waals surface area contributed by atoms with Crippen molar-refractivity contribution < 1.29 is 4.79 Å². The van der Waals surface area contributed by atoms with E-state index in [2.05, 4.69) is 23.1 Å². The molecule has 0 unspecified atom stereocenters. The van der Waals surface area contributed by atoms with E-state index in [4.69, 9.17) is 16.9 Å². The highest BCUT2D eigenvalue weighted by atomic mass is 35.5. The number of benzene rings is 2. The van der Waals surface area contributed by atoms with Gasteiger partial charge in [0.25, 0.3) is 0 Å². The number of hydrogen-bond donors (Lipinski definition) is 0. The van der Waals surface area contributed by atoms with Crippen LogP contribution in [0.5, 0.6) is 0 Å². The van der Waals surface area contributed by atoms with Crippen LogP contribution in [-0.4, -0.2) is 41.9 Å². The summed E-state index contributed by atoms with van der Waals surface area (Å²) in [5, 5.41) is 9.61. The second kappa shape index (κ2) is 9.55. The number of carbonyl (C=O) groups is 1. The summed E-state index contributed by atoms with van der Waals surface area (Å²) < 4.78 is 0. The zero-order valence-corrected chi connectivity index (χ0v) is 16.2. The van der Waals surface area contributed by atoms with Gasteiger partial charge in [0.2, 0.25) is 5.91 Å². The van der Waals surface area contributed by atoms with Gasteiger partial charge in [0.15, 0.2) is 0 Å². The fourth-order valence-corrected chi connectivity index (χ4v) is 3.51. The molecule has 3 rings (SSSR count). The molecule has 2 aromatic carbocycles. The fraction of sp³-hybridized carbons (Fsp3) is 0.364. The van der Waals surface area contributed by atoms with E-state index in [1.54, 1.807) is 12.1 Å². The molecule has 1 fully saturated rings. The number of nitriles is 1. The predicted molar refractivity (Wildman–Crippen MR) is 107 cm³/mol. The Hall–Kier alpha value is -2.35. The molecule has 0 N–H and O–H groups in total. The van der Waals surface area contributed by atoms with E-state index >= 15 is 0 Å². The van der Waals surface area contributed by atoms with Crippen molar-refractivity contribution in [2.45, 2.75) is 25.8 Å². The van der Waals surface area contributed by atoms with Crippen LogP contribution >= 0.6 is 11.6 Å². The SMILES string of the molecule is N#Cc1ccc(CCC(=O)N2CCCN(Cc3ccc(Cl)cc3)CC2)cc1. The number of carbonyl (C=O) groups excluding carboxylic acids is 1. The zero-order valence-electron chi connectivity index (χ0n) is 15.4. The van der Waals surface area contributed by atoms with Crippen LogP contribution in [0.1, 0.15) is 29.5 Å². The van der Waals surface area contributed by atoms with Crippen LogP contribution in [0, 0.1) is 11.3 Å². The number of hydrogen-bond acceptors (Lipinski definition) is 3. The molecule has 0 aliphatic carbocycles. The van der Waals surface area contributed by atoms with Crippen molar-refractivity contribution in [3.8, 4) is 6.07 Å². The lowest BCUT2D eigenvalue weighted by Crippen LogP contribution is -2.35. The van der Waals surface area contributed by atoms with E-state index in [1.807, 2.05) is 29.2 Å². The zero-order chi connectivity index (χ0) is 19.1. The molecular weight excluding hydrogens is 358 g/mol. The first-order valence-electron chi connectivity index (χ1n) is 9.37. The van der Waals surface area contributed by atoms with Crippen molar-refractivity contribution in [2.24, 2.45) is 0 Å². The lowest BCUT2D eigenvalue weighted by Gasteiger charge is -2.22. The van der Waals surface area contributed by atoms with Crippen LogP contribution in [0.3, 0.4) is 0 Å². The molecule has 140 valence electrons. The van der Waals surface area contributed by atoms with Gasteiger partial charge in [-0.1, -0.05) is 35.9 Å². The summed E-state index contributed by atoms with van der Waals surface area (Å²) in [5.41, 5.74) is 3.00. The number of halogens is 1. The number of rotatable bonds is 5. The van der Waals surface area contributed by atoms with Crippen LogP contribution < -0.4 is 0 Å². The van der Waals surface area contributed by atoms with Gasteiger partial charge < -0.3 is 4.90 Å². The second-order valence-electron chi connectivity index (χ2n) is 6.95. The molecule has 5 heteroatoms. The third kappa shape index (κ3) is 5.82. The number of amides is 1. The first kappa shape index (κ1) is 19.4. The quantitative estimate of drug-likeness (QED) is 0.789. The predicted octanol–water partition coefficient (Wildman–Crippen LogP) is 3.88. The van der Waals surface area contributed by atoms with Crippen molar-refractivity contribution >= 4 is 17.5 Å². The normalized spacial score (nSPS) is 15.2. The molecule has 1 saturated heterocycles. The molecule has 1 aliphatic rings. The van der Waals surface area contributed by atoms with Gasteiger partial charge >= 0.3 is 0 Å². The Balaban J connectivity index is 1.47. The van der Waals surface area contributed by atoms with E-state index in [9.17, 15) is 4.79 Å². The lowest BCUT2D eigenvalue weighted by atomic mass is 10.1. The van der Waals surface area contributed by atoms with Crippen molar-refractivity contribution in [3.63, 3.8) is 0 Å². The van der Waals surface area contributed by atoms with Gasteiger partial charge in [-0.15, -0.1) is 0 Å². The van der Waals surface area contributed by atoms with E-state index in [-0.39, 0.29) is 5.91 Å². The summed E-state index contributed by atoms with van der Waals surface area (Å²) >= 11 is 5.95. The molecule has 1 heterocycles. The van der Waals surface area contributed by atoms with Gasteiger partial charge in [0, 0.05) is 44.2 Å². The third-order valence-corrected chi connectivity index (χ3v) is 5.22. The van der Waals surface area contributed by atoms with E-state index in [0.717, 1.165) is 56.2 Å². The van der Waals surface area contributed by atoms with Crippen molar-refractivity contribution in [2.75, 3.05) is 26.2 Å². The minimum Gasteiger partial charge on any atom is -0.341 e. The highest BCUT2D eigenvalue weighted by Crippen LogP contribution is 2.14. The molecule has 0 spiro atoms. The van der Waals surface area contributed by atoms with Crippen LogP contribution in [0.2, 0.25) is 5.02 Å². The van der Waals surface area contributed by atoms with E-state index in [0.29, 0.717) is 12.0 Å². The Kier molecular flexibility index (Phi) is 6.86. The van der Waals surface area contributed by atoms with Crippen molar-refractivity contribution in [1.82, 2.24) is 9.80 Å². The molecular formula is C22H24ClN3O. The fourth-order valence-electron chi connectivity index (χ4n) is 3.38. The summed E-state index contributed by atoms with van der Waals surface area (Å²) in [6.07, 6.45) is 2.23. The lowest BCUT2D eigenvalue weighted by molar-refractivity contribution is -0.131. The van der Waals surface area contributed by atoms with Gasteiger partial charge in [0.1, 0.15) is 0 Å². The number of aryl methyl sites for hydroxylation is 1. The van der Waals surface area contributed by atoms with Crippen LogP contribution in [0.15, 0.2) is 48.5 Å². The number of nitrogens with zero attached hydrogens (tertiary/aromatic N) is 3. The first-order valence-corrected chi connectivity index (χ1v) is 9.75. The van der Waals surface area contributed by atoms with E-state index < -0.39 is 0 Å². The summed E-state index contributed by atoms with van der Waals surface area (Å²) in [6, 6.07) is 17.6. The van der Waals surface area contributed by atoms with Crippen LogP contribution in [-0.2, 0) is 17.8 Å². The van der Waals surface area contributed by atoms with Crippen LogP contribution in [0.25, 0.3) is 0 Å². The third-order valence-electron chi connectivity index (χ3n) is 4.97. The van der Waals surface area contributed by atoms with Gasteiger partial charge in [-0.2, -0.15) is 5.26 Å². The average Bonchev–Trinajstić information content (AvgIpc) is 2.94.